The minimum atomic E-state index is -0.896. The van der Waals surface area contributed by atoms with Crippen molar-refractivity contribution in [2.24, 2.45) is 0 Å². The highest BCUT2D eigenvalue weighted by molar-refractivity contribution is 5.73. The van der Waals surface area contributed by atoms with Gasteiger partial charge >= 0.3 is 5.97 Å². The first-order chi connectivity index (χ1) is 9.06. The molecule has 1 aromatic heterocycles. The van der Waals surface area contributed by atoms with E-state index in [1.807, 2.05) is 37.3 Å². The smallest absolute Gasteiger partial charge is 0.323 e. The van der Waals surface area contributed by atoms with E-state index >= 15 is 0 Å². The molecular formula is C14H15N3O2. The van der Waals surface area contributed by atoms with Crippen LogP contribution in [0, 0.1) is 6.92 Å². The molecule has 1 heterocycles. The highest BCUT2D eigenvalue weighted by atomic mass is 16.4. The van der Waals surface area contributed by atoms with Gasteiger partial charge in [-0.1, -0.05) is 23.8 Å². The average Bonchev–Trinajstić information content (AvgIpc) is 2.38. The Morgan fingerprint density at radius 3 is 2.63 bits per heavy atom. The number of benzene rings is 1. The topological polar surface area (TPSA) is 66.3 Å². The van der Waals surface area contributed by atoms with E-state index in [4.69, 9.17) is 5.11 Å². The molecule has 0 aliphatic heterocycles. The molecule has 2 aromatic rings. The Morgan fingerprint density at radius 1 is 1.26 bits per heavy atom. The second-order valence-electron chi connectivity index (χ2n) is 4.40. The number of nitrogens with zero attached hydrogens (tertiary/aromatic N) is 3. The molecule has 1 N–H and O–H groups in total. The Balaban J connectivity index is 2.21. The maximum absolute atomic E-state index is 10.6. The van der Waals surface area contributed by atoms with Gasteiger partial charge in [-0.25, -0.2) is 0 Å². The van der Waals surface area contributed by atoms with Gasteiger partial charge in [0.05, 0.1) is 5.69 Å². The summed E-state index contributed by atoms with van der Waals surface area (Å²) in [6.45, 7) is 1.92. The van der Waals surface area contributed by atoms with E-state index in [9.17, 15) is 4.79 Å². The number of hydrogen-bond donors (Lipinski definition) is 1. The van der Waals surface area contributed by atoms with Crippen LogP contribution >= 0.6 is 0 Å². The van der Waals surface area contributed by atoms with Crippen molar-refractivity contribution in [1.29, 1.82) is 0 Å². The number of hydrogen-bond acceptors (Lipinski definition) is 4. The van der Waals surface area contributed by atoms with Crippen molar-refractivity contribution in [2.45, 2.75) is 6.92 Å². The molecule has 0 atom stereocenters. The second kappa shape index (κ2) is 5.48. The third kappa shape index (κ3) is 3.28. The van der Waals surface area contributed by atoms with E-state index < -0.39 is 5.97 Å². The largest absolute Gasteiger partial charge is 0.480 e. The molecule has 0 unspecified atom stereocenters. The first-order valence-corrected chi connectivity index (χ1v) is 5.90. The molecular weight excluding hydrogens is 242 g/mol. The van der Waals surface area contributed by atoms with Gasteiger partial charge in [-0.05, 0) is 25.1 Å². The highest BCUT2D eigenvalue weighted by Crippen LogP contribution is 2.18. The van der Waals surface area contributed by atoms with Crippen LogP contribution in [0.3, 0.4) is 0 Å². The monoisotopic (exact) mass is 257 g/mol. The first-order valence-electron chi connectivity index (χ1n) is 5.90. The number of rotatable bonds is 4. The molecule has 5 heteroatoms. The number of aryl methyl sites for hydroxylation is 1. The zero-order valence-corrected chi connectivity index (χ0v) is 10.9. The van der Waals surface area contributed by atoms with Gasteiger partial charge in [-0.15, -0.1) is 10.2 Å². The summed E-state index contributed by atoms with van der Waals surface area (Å²) >= 11 is 0. The Bertz CT molecular complexity index is 581. The van der Waals surface area contributed by atoms with Gasteiger partial charge in [0.1, 0.15) is 6.54 Å². The van der Waals surface area contributed by atoms with Crippen molar-refractivity contribution in [3.05, 3.63) is 42.0 Å². The van der Waals surface area contributed by atoms with Crippen molar-refractivity contribution in [1.82, 2.24) is 10.2 Å². The van der Waals surface area contributed by atoms with E-state index in [0.29, 0.717) is 5.82 Å². The summed E-state index contributed by atoms with van der Waals surface area (Å²) < 4.78 is 0. The van der Waals surface area contributed by atoms with E-state index in [1.54, 1.807) is 13.1 Å². The van der Waals surface area contributed by atoms with Gasteiger partial charge in [0, 0.05) is 12.6 Å². The molecule has 0 aliphatic carbocycles. The Labute approximate surface area is 111 Å². The predicted octanol–water partition coefficient (Wildman–Crippen LogP) is 1.97. The summed E-state index contributed by atoms with van der Waals surface area (Å²) in [6.07, 6.45) is 0. The molecule has 19 heavy (non-hydrogen) atoms. The fourth-order valence-corrected chi connectivity index (χ4v) is 1.77. The van der Waals surface area contributed by atoms with Crippen LogP contribution in [0.4, 0.5) is 5.82 Å². The van der Waals surface area contributed by atoms with Crippen LogP contribution in [-0.4, -0.2) is 34.9 Å². The zero-order chi connectivity index (χ0) is 13.8. The maximum atomic E-state index is 10.6. The standard InChI is InChI=1S/C14H15N3O2/c1-10-4-3-5-11(8-10)12-6-7-13(16-15-12)17(2)9-14(18)19/h3-8H,9H2,1-2H3,(H,18,19). The minimum absolute atomic E-state index is 0.0987. The van der Waals surface area contributed by atoms with E-state index in [1.165, 1.54) is 4.90 Å². The zero-order valence-electron chi connectivity index (χ0n) is 10.9. The van der Waals surface area contributed by atoms with Gasteiger partial charge in [-0.3, -0.25) is 4.79 Å². The molecule has 0 saturated heterocycles. The SMILES string of the molecule is Cc1cccc(-c2ccc(N(C)CC(=O)O)nn2)c1. The van der Waals surface area contributed by atoms with Crippen molar-refractivity contribution in [3.63, 3.8) is 0 Å². The minimum Gasteiger partial charge on any atom is -0.480 e. The van der Waals surface area contributed by atoms with E-state index in [-0.39, 0.29) is 6.54 Å². The van der Waals surface area contributed by atoms with Crippen LogP contribution in [-0.2, 0) is 4.79 Å². The molecule has 0 radical (unpaired) electrons. The van der Waals surface area contributed by atoms with Crippen LogP contribution < -0.4 is 4.90 Å². The lowest BCUT2D eigenvalue weighted by Gasteiger charge is -2.14. The first kappa shape index (κ1) is 13.0. The molecule has 0 bridgehead atoms. The molecule has 0 amide bonds. The summed E-state index contributed by atoms with van der Waals surface area (Å²) in [5.41, 5.74) is 2.93. The van der Waals surface area contributed by atoms with Gasteiger partial charge < -0.3 is 10.0 Å². The van der Waals surface area contributed by atoms with E-state index in [2.05, 4.69) is 10.2 Å². The number of aliphatic carboxylic acids is 1. The van der Waals surface area contributed by atoms with Crippen molar-refractivity contribution in [3.8, 4) is 11.3 Å². The molecule has 0 spiro atoms. The number of carboxylic acid groups (broad SMARTS) is 1. The maximum Gasteiger partial charge on any atom is 0.323 e. The summed E-state index contributed by atoms with van der Waals surface area (Å²) in [5, 5.41) is 16.9. The lowest BCUT2D eigenvalue weighted by atomic mass is 10.1. The van der Waals surface area contributed by atoms with Gasteiger partial charge in [0.2, 0.25) is 0 Å². The summed E-state index contributed by atoms with van der Waals surface area (Å²) in [4.78, 5) is 12.2. The van der Waals surface area contributed by atoms with Crippen LogP contribution in [0.2, 0.25) is 0 Å². The molecule has 1 aromatic carbocycles. The lowest BCUT2D eigenvalue weighted by molar-refractivity contribution is -0.135. The molecule has 5 nitrogen and oxygen atoms in total. The summed E-state index contributed by atoms with van der Waals surface area (Å²) in [7, 11) is 1.67. The van der Waals surface area contributed by atoms with Crippen LogP contribution in [0.1, 0.15) is 5.56 Å². The summed E-state index contributed by atoms with van der Waals surface area (Å²) in [5.74, 6) is -0.356. The quantitative estimate of drug-likeness (QED) is 0.907. The van der Waals surface area contributed by atoms with Gasteiger partial charge in [-0.2, -0.15) is 0 Å². The fraction of sp³-hybridized carbons (Fsp3) is 0.214. The molecule has 0 saturated carbocycles. The Morgan fingerprint density at radius 2 is 2.05 bits per heavy atom. The van der Waals surface area contributed by atoms with Crippen molar-refractivity contribution in [2.75, 3.05) is 18.5 Å². The van der Waals surface area contributed by atoms with E-state index in [0.717, 1.165) is 16.8 Å². The molecule has 98 valence electrons. The lowest BCUT2D eigenvalue weighted by Crippen LogP contribution is -2.26. The van der Waals surface area contributed by atoms with Crippen LogP contribution in [0.15, 0.2) is 36.4 Å². The van der Waals surface area contributed by atoms with Crippen molar-refractivity contribution >= 4 is 11.8 Å². The molecule has 0 aliphatic rings. The number of likely N-dealkylation sites (N-methyl/N-ethyl adjacent to an activating group) is 1. The highest BCUT2D eigenvalue weighted by Gasteiger charge is 2.08. The number of carbonyl (C=O) groups is 1. The Hall–Kier alpha value is -2.43. The third-order valence-electron chi connectivity index (χ3n) is 2.73. The molecule has 0 fully saturated rings. The Kier molecular flexibility index (Phi) is 3.75. The summed E-state index contributed by atoms with van der Waals surface area (Å²) in [6, 6.07) is 11.6. The van der Waals surface area contributed by atoms with Gasteiger partial charge in [0.25, 0.3) is 0 Å². The number of anilines is 1. The molecule has 2 rings (SSSR count). The van der Waals surface area contributed by atoms with Crippen LogP contribution in [0.5, 0.6) is 0 Å². The van der Waals surface area contributed by atoms with Crippen molar-refractivity contribution < 1.29 is 9.90 Å². The predicted molar refractivity (Wildman–Crippen MR) is 73.1 cm³/mol. The van der Waals surface area contributed by atoms with Crippen LogP contribution in [0.25, 0.3) is 11.3 Å². The number of aromatic nitrogens is 2. The fourth-order valence-electron chi connectivity index (χ4n) is 1.77. The van der Waals surface area contributed by atoms with Gasteiger partial charge in [0.15, 0.2) is 5.82 Å². The third-order valence-corrected chi connectivity index (χ3v) is 2.73. The average molecular weight is 257 g/mol. The number of carboxylic acids is 1. The second-order valence-corrected chi connectivity index (χ2v) is 4.40. The normalized spacial score (nSPS) is 10.2.